The average Bonchev–Trinajstić information content (AvgIpc) is 2.74. The van der Waals surface area contributed by atoms with Gasteiger partial charge in [0, 0.05) is 11.3 Å². The van der Waals surface area contributed by atoms with Crippen molar-refractivity contribution >= 4 is 29.7 Å². The van der Waals surface area contributed by atoms with Gasteiger partial charge in [0.05, 0.1) is 25.9 Å². The number of methoxy groups -OCH3 is 1. The minimum Gasteiger partial charge on any atom is -0.545 e. The molecule has 0 aliphatic rings. The van der Waals surface area contributed by atoms with Crippen LogP contribution in [-0.2, 0) is 9.59 Å². The highest BCUT2D eigenvalue weighted by Crippen LogP contribution is 2.18. The summed E-state index contributed by atoms with van der Waals surface area (Å²) in [4.78, 5) is 34.9. The predicted octanol–water partition coefficient (Wildman–Crippen LogP) is 1.33. The maximum absolute atomic E-state index is 11.9. The number of carboxylic acids is 1. The molecule has 0 aliphatic carbocycles. The van der Waals surface area contributed by atoms with E-state index in [-0.39, 0.29) is 11.3 Å². The molecule has 0 bridgehead atoms. The smallest absolute Gasteiger partial charge is 0.329 e. The maximum Gasteiger partial charge on any atom is 0.329 e. The van der Waals surface area contributed by atoms with Crippen molar-refractivity contribution in [3.8, 4) is 11.5 Å². The number of amides is 2. The van der Waals surface area contributed by atoms with Crippen LogP contribution in [0.1, 0.15) is 35.7 Å². The molecule has 0 heterocycles. The largest absolute Gasteiger partial charge is 0.545 e. The van der Waals surface area contributed by atoms with Crippen LogP contribution in [0.5, 0.6) is 11.5 Å². The van der Waals surface area contributed by atoms with E-state index in [9.17, 15) is 19.5 Å². The zero-order valence-corrected chi connectivity index (χ0v) is 16.6. The third kappa shape index (κ3) is 6.62. The lowest BCUT2D eigenvalue weighted by Gasteiger charge is -2.09. The first-order valence-corrected chi connectivity index (χ1v) is 9.21. The molecule has 2 aromatic carbocycles. The number of hydrogen-bond acceptors (Lipinski definition) is 7. The highest BCUT2D eigenvalue weighted by atomic mass is 16.5. The van der Waals surface area contributed by atoms with Crippen LogP contribution in [-0.4, -0.2) is 37.7 Å². The van der Waals surface area contributed by atoms with E-state index in [0.717, 1.165) is 12.8 Å². The number of carbonyl (C=O) groups is 3. The van der Waals surface area contributed by atoms with Gasteiger partial charge in [0.15, 0.2) is 0 Å². The van der Waals surface area contributed by atoms with Crippen molar-refractivity contribution in [3.05, 3.63) is 53.6 Å². The summed E-state index contributed by atoms with van der Waals surface area (Å²) >= 11 is 0. The van der Waals surface area contributed by atoms with Gasteiger partial charge in [-0.2, -0.15) is 5.10 Å². The van der Waals surface area contributed by atoms with E-state index >= 15 is 0 Å². The number of nitrogens with one attached hydrogen (secondary N) is 2. The van der Waals surface area contributed by atoms with E-state index in [1.54, 1.807) is 24.3 Å². The van der Waals surface area contributed by atoms with Crippen LogP contribution in [0.3, 0.4) is 0 Å². The molecule has 2 amide bonds. The molecule has 30 heavy (non-hydrogen) atoms. The van der Waals surface area contributed by atoms with Crippen molar-refractivity contribution in [2.24, 2.45) is 5.10 Å². The minimum atomic E-state index is -1.41. The van der Waals surface area contributed by atoms with Gasteiger partial charge in [-0.25, -0.2) is 5.43 Å². The molecule has 9 heteroatoms. The normalized spacial score (nSPS) is 10.5. The second-order valence-electron chi connectivity index (χ2n) is 6.13. The Morgan fingerprint density at radius 3 is 2.47 bits per heavy atom. The van der Waals surface area contributed by atoms with Crippen LogP contribution in [0.15, 0.2) is 47.6 Å². The molecule has 0 saturated heterocycles. The summed E-state index contributed by atoms with van der Waals surface area (Å²) in [6, 6.07) is 10.9. The Balaban J connectivity index is 1.89. The van der Waals surface area contributed by atoms with Crippen molar-refractivity contribution in [2.75, 3.05) is 19.0 Å². The highest BCUT2D eigenvalue weighted by Gasteiger charge is 2.13. The first-order valence-electron chi connectivity index (χ1n) is 9.21. The van der Waals surface area contributed by atoms with Crippen LogP contribution in [0, 0.1) is 0 Å². The van der Waals surface area contributed by atoms with Crippen LogP contribution < -0.4 is 25.3 Å². The molecule has 0 fully saturated rings. The molecular formula is C21H22N3O6-. The Bertz CT molecular complexity index is 925. The average molecular weight is 412 g/mol. The Labute approximate surface area is 173 Å². The molecule has 0 unspecified atom stereocenters. The van der Waals surface area contributed by atoms with E-state index in [0.29, 0.717) is 23.6 Å². The second kappa shape index (κ2) is 11.2. The number of nitrogens with zero attached hydrogens (tertiary/aromatic N) is 1. The summed E-state index contributed by atoms with van der Waals surface area (Å²) in [5.41, 5.74) is 2.71. The molecule has 0 aromatic heterocycles. The summed E-state index contributed by atoms with van der Waals surface area (Å²) < 4.78 is 10.5. The lowest BCUT2D eigenvalue weighted by Crippen LogP contribution is -2.32. The molecule has 0 atom stereocenters. The molecule has 2 aromatic rings. The van der Waals surface area contributed by atoms with Gasteiger partial charge in [-0.15, -0.1) is 0 Å². The molecule has 0 aliphatic heterocycles. The predicted molar refractivity (Wildman–Crippen MR) is 109 cm³/mol. The lowest BCUT2D eigenvalue weighted by atomic mass is 10.1. The highest BCUT2D eigenvalue weighted by molar-refractivity contribution is 6.39. The van der Waals surface area contributed by atoms with Crippen molar-refractivity contribution in [3.63, 3.8) is 0 Å². The van der Waals surface area contributed by atoms with Crippen molar-refractivity contribution in [1.82, 2.24) is 5.43 Å². The molecule has 0 saturated carbocycles. The SMILES string of the molecule is CCCCOc1ccc(NC(=O)C(=O)N/N=C\c2ccc(OC)c(C(=O)[O-])c2)cc1. The molecule has 0 radical (unpaired) electrons. The topological polar surface area (TPSA) is 129 Å². The van der Waals surface area contributed by atoms with Gasteiger partial charge in [-0.3, -0.25) is 9.59 Å². The Morgan fingerprint density at radius 2 is 1.83 bits per heavy atom. The second-order valence-corrected chi connectivity index (χ2v) is 6.13. The monoisotopic (exact) mass is 412 g/mol. The summed E-state index contributed by atoms with van der Waals surface area (Å²) in [6.07, 6.45) is 3.17. The Morgan fingerprint density at radius 1 is 1.10 bits per heavy atom. The number of carbonyl (C=O) groups excluding carboxylic acids is 3. The number of rotatable bonds is 9. The van der Waals surface area contributed by atoms with E-state index in [1.165, 1.54) is 31.5 Å². The maximum atomic E-state index is 11.9. The number of anilines is 1. The molecular weight excluding hydrogens is 390 g/mol. The molecule has 158 valence electrons. The van der Waals surface area contributed by atoms with Gasteiger partial charge in [-0.05, 0) is 54.4 Å². The third-order valence-corrected chi connectivity index (χ3v) is 3.91. The van der Waals surface area contributed by atoms with Gasteiger partial charge in [0.25, 0.3) is 0 Å². The zero-order valence-electron chi connectivity index (χ0n) is 16.6. The van der Waals surface area contributed by atoms with Gasteiger partial charge in [-0.1, -0.05) is 13.3 Å². The van der Waals surface area contributed by atoms with Crippen LogP contribution in [0.25, 0.3) is 0 Å². The molecule has 2 N–H and O–H groups in total. The quantitative estimate of drug-likeness (QED) is 0.277. The van der Waals surface area contributed by atoms with Crippen LogP contribution in [0.4, 0.5) is 5.69 Å². The van der Waals surface area contributed by atoms with Gasteiger partial charge in [0.2, 0.25) is 0 Å². The number of unbranched alkanes of at least 4 members (excludes halogenated alkanes) is 1. The summed E-state index contributed by atoms with van der Waals surface area (Å²) in [5, 5.41) is 17.2. The molecule has 9 nitrogen and oxygen atoms in total. The van der Waals surface area contributed by atoms with Gasteiger partial charge < -0.3 is 24.7 Å². The molecule has 2 rings (SSSR count). The molecule has 0 spiro atoms. The van der Waals surface area contributed by atoms with E-state index in [4.69, 9.17) is 9.47 Å². The number of aromatic carboxylic acids is 1. The Kier molecular flexibility index (Phi) is 8.37. The number of hydrazone groups is 1. The lowest BCUT2D eigenvalue weighted by molar-refractivity contribution is -0.255. The summed E-state index contributed by atoms with van der Waals surface area (Å²) in [5.74, 6) is -2.49. The van der Waals surface area contributed by atoms with Crippen LogP contribution >= 0.6 is 0 Å². The fourth-order valence-corrected chi connectivity index (χ4v) is 2.34. The fourth-order valence-electron chi connectivity index (χ4n) is 2.34. The number of hydrogen-bond donors (Lipinski definition) is 2. The Hall–Kier alpha value is -3.88. The summed E-state index contributed by atoms with van der Waals surface area (Å²) in [7, 11) is 1.33. The number of ether oxygens (including phenoxy) is 2. The number of carboxylic acid groups (broad SMARTS) is 1. The van der Waals surface area contributed by atoms with E-state index in [1.807, 2.05) is 0 Å². The third-order valence-electron chi connectivity index (χ3n) is 3.91. The van der Waals surface area contributed by atoms with Gasteiger partial charge >= 0.3 is 11.8 Å². The van der Waals surface area contributed by atoms with Crippen LogP contribution in [0.2, 0.25) is 0 Å². The summed E-state index contributed by atoms with van der Waals surface area (Å²) in [6.45, 7) is 2.68. The van der Waals surface area contributed by atoms with E-state index in [2.05, 4.69) is 22.8 Å². The first kappa shape index (κ1) is 22.4. The van der Waals surface area contributed by atoms with Crippen molar-refractivity contribution < 1.29 is 29.0 Å². The fraction of sp³-hybridized carbons (Fsp3) is 0.238. The standard InChI is InChI=1S/C21H23N3O6/c1-3-4-11-30-16-8-6-15(7-9-16)23-19(25)20(26)24-22-13-14-5-10-18(29-2)17(12-14)21(27)28/h5-10,12-13H,3-4,11H2,1-2H3,(H,23,25)(H,24,26)(H,27,28)/p-1/b22-13-. The van der Waals surface area contributed by atoms with E-state index < -0.39 is 17.8 Å². The van der Waals surface area contributed by atoms with Crippen molar-refractivity contribution in [1.29, 1.82) is 0 Å². The number of benzene rings is 2. The van der Waals surface area contributed by atoms with Gasteiger partial charge in [0.1, 0.15) is 11.5 Å². The van der Waals surface area contributed by atoms with Crippen molar-refractivity contribution in [2.45, 2.75) is 19.8 Å². The zero-order chi connectivity index (χ0) is 21.9. The minimum absolute atomic E-state index is 0.136. The first-order chi connectivity index (χ1) is 14.4.